The zero-order valence-corrected chi connectivity index (χ0v) is 14.6. The van der Waals surface area contributed by atoms with Crippen LogP contribution in [0.25, 0.3) is 5.69 Å². The Morgan fingerprint density at radius 3 is 2.96 bits per heavy atom. The van der Waals surface area contributed by atoms with Crippen LogP contribution in [0.3, 0.4) is 0 Å². The molecule has 1 saturated heterocycles. The number of hydrogen-bond donors (Lipinski definition) is 2. The van der Waals surface area contributed by atoms with Gasteiger partial charge in [-0.25, -0.2) is 4.68 Å². The summed E-state index contributed by atoms with van der Waals surface area (Å²) in [6.45, 7) is 2.91. The molecule has 1 atom stereocenters. The average Bonchev–Trinajstić information content (AvgIpc) is 3.06. The lowest BCUT2D eigenvalue weighted by Gasteiger charge is -2.22. The third-order valence-corrected chi connectivity index (χ3v) is 4.70. The summed E-state index contributed by atoms with van der Waals surface area (Å²) in [6.07, 6.45) is 6.89. The number of halogens is 1. The minimum atomic E-state index is -0.0582. The average molecular weight is 377 g/mol. The molecule has 0 saturated carbocycles. The highest BCUT2D eigenvalue weighted by Crippen LogP contribution is 2.15. The van der Waals surface area contributed by atoms with Gasteiger partial charge in [-0.1, -0.05) is 15.9 Å². The van der Waals surface area contributed by atoms with Crippen molar-refractivity contribution in [3.05, 3.63) is 46.7 Å². The van der Waals surface area contributed by atoms with Crippen molar-refractivity contribution in [2.75, 3.05) is 19.6 Å². The molecular weight excluding hydrogens is 356 g/mol. The Kier molecular flexibility index (Phi) is 5.46. The number of aromatic nitrogens is 2. The van der Waals surface area contributed by atoms with Crippen LogP contribution in [-0.4, -0.2) is 35.3 Å². The summed E-state index contributed by atoms with van der Waals surface area (Å²) in [5.41, 5.74) is 1.52. The summed E-state index contributed by atoms with van der Waals surface area (Å²) in [5.74, 6) is 0.617. The third kappa shape index (κ3) is 4.42. The lowest BCUT2D eigenvalue weighted by atomic mass is 9.96. The molecule has 0 bridgehead atoms. The van der Waals surface area contributed by atoms with E-state index in [2.05, 4.69) is 31.7 Å². The summed E-state index contributed by atoms with van der Waals surface area (Å²) in [6, 6.07) is 7.81. The summed E-state index contributed by atoms with van der Waals surface area (Å²) >= 11 is 3.41. The second-order valence-corrected chi connectivity index (χ2v) is 6.82. The molecule has 1 aromatic heterocycles. The van der Waals surface area contributed by atoms with Crippen molar-refractivity contribution in [3.8, 4) is 5.69 Å². The van der Waals surface area contributed by atoms with Gasteiger partial charge >= 0.3 is 0 Å². The molecule has 1 unspecified atom stereocenters. The van der Waals surface area contributed by atoms with Crippen LogP contribution in [0.15, 0.2) is 41.1 Å². The maximum absolute atomic E-state index is 12.2. The van der Waals surface area contributed by atoms with Crippen LogP contribution < -0.4 is 10.6 Å². The van der Waals surface area contributed by atoms with E-state index in [1.165, 1.54) is 12.8 Å². The van der Waals surface area contributed by atoms with E-state index in [9.17, 15) is 4.79 Å². The molecular formula is C17H21BrN4O. The molecule has 23 heavy (non-hydrogen) atoms. The van der Waals surface area contributed by atoms with Crippen LogP contribution in [0.1, 0.15) is 29.6 Å². The standard InChI is InChI=1S/C17H21BrN4O/c18-15-3-5-16(6-4-15)22-12-14(11-21-22)17(23)20-9-7-13-2-1-8-19-10-13/h3-6,11-13,19H,1-2,7-10H2,(H,20,23). The molecule has 1 fully saturated rings. The predicted octanol–water partition coefficient (Wildman–Crippen LogP) is 2.75. The fourth-order valence-corrected chi connectivity index (χ4v) is 3.10. The van der Waals surface area contributed by atoms with Crippen molar-refractivity contribution >= 4 is 21.8 Å². The van der Waals surface area contributed by atoms with E-state index < -0.39 is 0 Å². The maximum atomic E-state index is 12.2. The van der Waals surface area contributed by atoms with Gasteiger partial charge in [0.2, 0.25) is 0 Å². The molecule has 1 amide bonds. The topological polar surface area (TPSA) is 59.0 Å². The van der Waals surface area contributed by atoms with Gasteiger partial charge in [0, 0.05) is 17.2 Å². The molecule has 5 nitrogen and oxygen atoms in total. The Morgan fingerprint density at radius 1 is 1.39 bits per heavy atom. The zero-order valence-electron chi connectivity index (χ0n) is 13.0. The highest BCUT2D eigenvalue weighted by Gasteiger charge is 2.14. The van der Waals surface area contributed by atoms with E-state index in [-0.39, 0.29) is 5.91 Å². The highest BCUT2D eigenvalue weighted by molar-refractivity contribution is 9.10. The second kappa shape index (κ2) is 7.75. The molecule has 122 valence electrons. The number of benzene rings is 1. The quantitative estimate of drug-likeness (QED) is 0.843. The number of hydrogen-bond acceptors (Lipinski definition) is 3. The first-order valence-electron chi connectivity index (χ1n) is 8.02. The fourth-order valence-electron chi connectivity index (χ4n) is 2.84. The molecule has 2 heterocycles. The Morgan fingerprint density at radius 2 is 2.22 bits per heavy atom. The molecule has 1 aromatic carbocycles. The molecule has 0 spiro atoms. The van der Waals surface area contributed by atoms with E-state index in [1.807, 2.05) is 24.3 Å². The number of nitrogens with zero attached hydrogens (tertiary/aromatic N) is 2. The zero-order chi connectivity index (χ0) is 16.1. The number of carbonyl (C=O) groups excluding carboxylic acids is 1. The minimum Gasteiger partial charge on any atom is -0.352 e. The predicted molar refractivity (Wildman–Crippen MR) is 93.8 cm³/mol. The smallest absolute Gasteiger partial charge is 0.254 e. The number of carbonyl (C=O) groups is 1. The summed E-state index contributed by atoms with van der Waals surface area (Å²) in [5, 5.41) is 10.7. The molecule has 1 aliphatic rings. The van der Waals surface area contributed by atoms with Crippen molar-refractivity contribution < 1.29 is 4.79 Å². The van der Waals surface area contributed by atoms with Crippen molar-refractivity contribution in [2.45, 2.75) is 19.3 Å². The van der Waals surface area contributed by atoms with Gasteiger partial charge < -0.3 is 10.6 Å². The van der Waals surface area contributed by atoms with E-state index in [0.717, 1.165) is 29.7 Å². The number of amides is 1. The molecule has 1 aliphatic heterocycles. The normalized spacial score (nSPS) is 17.9. The number of rotatable bonds is 5. The van der Waals surface area contributed by atoms with Gasteiger partial charge in [-0.05, 0) is 62.5 Å². The van der Waals surface area contributed by atoms with Gasteiger partial charge in [0.1, 0.15) is 0 Å². The van der Waals surface area contributed by atoms with Crippen LogP contribution in [0, 0.1) is 5.92 Å². The van der Waals surface area contributed by atoms with Gasteiger partial charge in [-0.15, -0.1) is 0 Å². The van der Waals surface area contributed by atoms with Gasteiger partial charge in [0.15, 0.2) is 0 Å². The van der Waals surface area contributed by atoms with Gasteiger partial charge in [-0.2, -0.15) is 5.10 Å². The van der Waals surface area contributed by atoms with Gasteiger partial charge in [0.25, 0.3) is 5.91 Å². The first-order valence-corrected chi connectivity index (χ1v) is 8.81. The summed E-state index contributed by atoms with van der Waals surface area (Å²) < 4.78 is 2.73. The largest absolute Gasteiger partial charge is 0.352 e. The summed E-state index contributed by atoms with van der Waals surface area (Å²) in [7, 11) is 0. The lowest BCUT2D eigenvalue weighted by Crippen LogP contribution is -2.33. The molecule has 3 rings (SSSR count). The molecule has 0 aliphatic carbocycles. The van der Waals surface area contributed by atoms with E-state index >= 15 is 0 Å². The van der Waals surface area contributed by atoms with Crippen LogP contribution in [0.2, 0.25) is 0 Å². The number of nitrogens with one attached hydrogen (secondary N) is 2. The van der Waals surface area contributed by atoms with Gasteiger partial charge in [-0.3, -0.25) is 4.79 Å². The molecule has 2 aromatic rings. The van der Waals surface area contributed by atoms with Crippen molar-refractivity contribution in [3.63, 3.8) is 0 Å². The molecule has 0 radical (unpaired) electrons. The Hall–Kier alpha value is -1.66. The SMILES string of the molecule is O=C(NCCC1CCCNC1)c1cnn(-c2ccc(Br)cc2)c1. The van der Waals surface area contributed by atoms with E-state index in [1.54, 1.807) is 17.1 Å². The highest BCUT2D eigenvalue weighted by atomic mass is 79.9. The van der Waals surface area contributed by atoms with Gasteiger partial charge in [0.05, 0.1) is 17.4 Å². The Balaban J connectivity index is 1.52. The first kappa shape index (κ1) is 16.2. The lowest BCUT2D eigenvalue weighted by molar-refractivity contribution is 0.0950. The maximum Gasteiger partial charge on any atom is 0.254 e. The van der Waals surface area contributed by atoms with Crippen LogP contribution >= 0.6 is 15.9 Å². The fraction of sp³-hybridized carbons (Fsp3) is 0.412. The first-order chi connectivity index (χ1) is 11.2. The number of piperidine rings is 1. The van der Waals surface area contributed by atoms with Crippen LogP contribution in [-0.2, 0) is 0 Å². The third-order valence-electron chi connectivity index (χ3n) is 4.17. The van der Waals surface area contributed by atoms with Crippen molar-refractivity contribution in [1.29, 1.82) is 0 Å². The molecule has 6 heteroatoms. The molecule has 2 N–H and O–H groups in total. The second-order valence-electron chi connectivity index (χ2n) is 5.91. The minimum absolute atomic E-state index is 0.0582. The monoisotopic (exact) mass is 376 g/mol. The Labute approximate surface area is 144 Å². The van der Waals surface area contributed by atoms with Crippen molar-refractivity contribution in [2.24, 2.45) is 5.92 Å². The van der Waals surface area contributed by atoms with E-state index in [4.69, 9.17) is 0 Å². The van der Waals surface area contributed by atoms with Crippen LogP contribution in [0.4, 0.5) is 0 Å². The van der Waals surface area contributed by atoms with Crippen molar-refractivity contribution in [1.82, 2.24) is 20.4 Å². The van der Waals surface area contributed by atoms with Crippen LogP contribution in [0.5, 0.6) is 0 Å². The summed E-state index contributed by atoms with van der Waals surface area (Å²) in [4.78, 5) is 12.2. The Bertz CT molecular complexity index is 647. The van der Waals surface area contributed by atoms with E-state index in [0.29, 0.717) is 18.0 Å².